The molecule has 6 aromatic carbocycles. The minimum atomic E-state index is -0.244. The second-order valence-corrected chi connectivity index (χ2v) is 19.3. The van der Waals surface area contributed by atoms with Gasteiger partial charge in [-0.15, -0.1) is 11.3 Å². The Bertz CT molecular complexity index is 3170. The largest absolute Gasteiger partial charge is 0.497 e. The first kappa shape index (κ1) is 46.4. The summed E-state index contributed by atoms with van der Waals surface area (Å²) in [4.78, 5) is 15.7. The lowest BCUT2D eigenvalue weighted by Gasteiger charge is -2.43. The lowest BCUT2D eigenvalue weighted by molar-refractivity contribution is 0.340. The molecule has 1 aliphatic carbocycles. The summed E-state index contributed by atoms with van der Waals surface area (Å²) in [7, 11) is 1.73. The molecule has 70 heavy (non-hydrogen) atoms. The molecular formula is C60H57B2N5O2S. The van der Waals surface area contributed by atoms with Gasteiger partial charge in [0.15, 0.2) is 0 Å². The van der Waals surface area contributed by atoms with Gasteiger partial charge in [0, 0.05) is 35.1 Å². The smallest absolute Gasteiger partial charge is 0.324 e. The predicted molar refractivity (Wildman–Crippen MR) is 294 cm³/mol. The van der Waals surface area contributed by atoms with Crippen molar-refractivity contribution in [1.82, 2.24) is 14.6 Å². The van der Waals surface area contributed by atoms with Crippen molar-refractivity contribution in [2.75, 3.05) is 13.7 Å². The highest BCUT2D eigenvalue weighted by atomic mass is 32.1. The first-order valence-electron chi connectivity index (χ1n) is 24.7. The molecular weight excluding hydrogens is 876 g/mol. The molecule has 1 saturated carbocycles. The molecule has 2 unspecified atom stereocenters. The van der Waals surface area contributed by atoms with E-state index in [2.05, 4.69) is 189 Å². The van der Waals surface area contributed by atoms with E-state index >= 15 is 0 Å². The van der Waals surface area contributed by atoms with Gasteiger partial charge in [-0.2, -0.15) is 5.26 Å². The number of aliphatic imine (C=N–C) groups is 1. The van der Waals surface area contributed by atoms with Crippen molar-refractivity contribution in [2.24, 2.45) is 4.99 Å². The van der Waals surface area contributed by atoms with E-state index in [1.54, 1.807) is 18.4 Å². The van der Waals surface area contributed by atoms with Crippen molar-refractivity contribution in [2.45, 2.75) is 72.2 Å². The maximum atomic E-state index is 11.8. The van der Waals surface area contributed by atoms with Gasteiger partial charge in [0.05, 0.1) is 35.3 Å². The molecule has 1 aromatic heterocycles. The Labute approximate surface area is 418 Å². The summed E-state index contributed by atoms with van der Waals surface area (Å²) in [5.74, 6) is 1.64. The standard InChI is InChI=1S/C60H57B2N5O2S/c1-7-41-20-16-17-25-51(41)64-39-40(4)58-56(42-28-32-46(68-6)33-29-42)48-37-54-49(36-53(48)66(58)61(5)8-2)57(43-30-34-47(35-31-43)69-9-3)59(50(38-63)60-65-52-26-18-19-27-55(52)70-60)67(54)62(44-21-12-10-13-22-44)45-23-14-11-15-24-45/h10-35,39,53-54H,7-9,36-37H2,1-6H3/b58-40-,59-50-,64-39?. The Kier molecular flexibility index (Phi) is 13.5. The van der Waals surface area contributed by atoms with Crippen molar-refractivity contribution in [3.8, 4) is 17.6 Å². The molecule has 2 atom stereocenters. The lowest BCUT2D eigenvalue weighted by atomic mass is 9.48. The number of nitriles is 1. The minimum absolute atomic E-state index is 0.0402. The van der Waals surface area contributed by atoms with Gasteiger partial charge in [0.25, 0.3) is 6.85 Å². The highest BCUT2D eigenvalue weighted by Gasteiger charge is 2.52. The van der Waals surface area contributed by atoms with Gasteiger partial charge < -0.3 is 19.1 Å². The van der Waals surface area contributed by atoms with E-state index in [1.165, 1.54) is 28.0 Å². The van der Waals surface area contributed by atoms with Crippen molar-refractivity contribution in [1.29, 1.82) is 5.26 Å². The van der Waals surface area contributed by atoms with Gasteiger partial charge in [0.1, 0.15) is 28.1 Å². The number of allylic oxidation sites excluding steroid dienone is 4. The molecule has 2 aliphatic heterocycles. The third-order valence-electron chi connectivity index (χ3n) is 14.3. The van der Waals surface area contributed by atoms with Crippen LogP contribution in [0.2, 0.25) is 13.1 Å². The maximum absolute atomic E-state index is 11.8. The van der Waals surface area contributed by atoms with E-state index < -0.39 is 0 Å². The molecule has 346 valence electrons. The van der Waals surface area contributed by atoms with Crippen LogP contribution in [0.5, 0.6) is 11.5 Å². The molecule has 10 heteroatoms. The Morgan fingerprint density at radius 2 is 1.30 bits per heavy atom. The number of hydrogen-bond donors (Lipinski definition) is 0. The SMILES string of the molecule is CCOc1ccc(C2=C3CC4C(=C(c5ccc(OC)cc5)/C(=C(\C)C=Nc5ccccc5CC)N4B(C)CC)CC3N(B(c3ccccc3)c3ccccc3)/C2=C(/C#N)c2nc3ccccc3s2)cc1. The van der Waals surface area contributed by atoms with Crippen molar-refractivity contribution < 1.29 is 9.47 Å². The van der Waals surface area contributed by atoms with E-state index in [1.807, 2.05) is 25.1 Å². The van der Waals surface area contributed by atoms with E-state index in [0.29, 0.717) is 12.2 Å². The van der Waals surface area contributed by atoms with Gasteiger partial charge in [-0.05, 0) is 109 Å². The number of thiazole rings is 1. The number of methoxy groups -OCH3 is 1. The molecule has 7 aromatic rings. The third kappa shape index (κ3) is 8.58. The van der Waals surface area contributed by atoms with E-state index in [0.717, 1.165) is 96.9 Å². The maximum Gasteiger partial charge on any atom is 0.324 e. The van der Waals surface area contributed by atoms with Crippen LogP contribution in [0.3, 0.4) is 0 Å². The van der Waals surface area contributed by atoms with Crippen LogP contribution < -0.4 is 20.4 Å². The van der Waals surface area contributed by atoms with Crippen LogP contribution in [-0.2, 0) is 6.42 Å². The van der Waals surface area contributed by atoms with Crippen LogP contribution in [0.4, 0.5) is 5.69 Å². The molecule has 1 fully saturated rings. The van der Waals surface area contributed by atoms with Gasteiger partial charge in [0.2, 0.25) is 0 Å². The molecule has 7 nitrogen and oxygen atoms in total. The predicted octanol–water partition coefficient (Wildman–Crippen LogP) is 12.7. The van der Waals surface area contributed by atoms with Gasteiger partial charge >= 0.3 is 6.85 Å². The van der Waals surface area contributed by atoms with E-state index in [4.69, 9.17) is 19.5 Å². The molecule has 3 aliphatic rings. The molecule has 0 spiro atoms. The Hall–Kier alpha value is -7.34. The van der Waals surface area contributed by atoms with Crippen LogP contribution in [-0.4, -0.2) is 60.3 Å². The van der Waals surface area contributed by atoms with Crippen LogP contribution >= 0.6 is 11.3 Å². The third-order valence-corrected chi connectivity index (χ3v) is 15.4. The average molecular weight is 934 g/mol. The Balaban J connectivity index is 1.28. The normalized spacial score (nSPS) is 18.0. The molecule has 10 rings (SSSR count). The summed E-state index contributed by atoms with van der Waals surface area (Å²) in [6, 6.07) is 58.2. The summed E-state index contributed by atoms with van der Waals surface area (Å²) in [6.07, 6.45) is 5.45. The minimum Gasteiger partial charge on any atom is -0.497 e. The number of ether oxygens (including phenoxy) is 2. The second kappa shape index (κ2) is 20.3. The zero-order valence-corrected chi connectivity index (χ0v) is 41.7. The van der Waals surface area contributed by atoms with Gasteiger partial charge in [-0.3, -0.25) is 4.99 Å². The fourth-order valence-corrected chi connectivity index (χ4v) is 11.9. The summed E-state index contributed by atoms with van der Waals surface area (Å²) < 4.78 is 12.8. The van der Waals surface area contributed by atoms with E-state index in [-0.39, 0.29) is 25.8 Å². The van der Waals surface area contributed by atoms with Crippen LogP contribution in [0.15, 0.2) is 191 Å². The molecule has 0 amide bonds. The van der Waals surface area contributed by atoms with Gasteiger partial charge in [-0.1, -0.05) is 153 Å². The van der Waals surface area contributed by atoms with Gasteiger partial charge in [-0.25, -0.2) is 4.98 Å². The number of benzene rings is 6. The average Bonchev–Trinajstić information content (AvgIpc) is 4.09. The fourth-order valence-electron chi connectivity index (χ4n) is 11.0. The summed E-state index contributed by atoms with van der Waals surface area (Å²) in [5.41, 5.74) is 16.5. The Morgan fingerprint density at radius 3 is 1.89 bits per heavy atom. The molecule has 3 heterocycles. The number of fused-ring (bicyclic) bond motifs is 3. The topological polar surface area (TPSA) is 74.0 Å². The summed E-state index contributed by atoms with van der Waals surface area (Å²) in [5, 5.41) is 12.5. The number of hydrogen-bond acceptors (Lipinski definition) is 8. The number of para-hydroxylation sites is 2. The zero-order chi connectivity index (χ0) is 48.3. The monoisotopic (exact) mass is 933 g/mol. The molecule has 0 radical (unpaired) electrons. The van der Waals surface area contributed by atoms with Crippen molar-refractivity contribution in [3.63, 3.8) is 0 Å². The van der Waals surface area contributed by atoms with Crippen LogP contribution in [0.1, 0.15) is 62.2 Å². The summed E-state index contributed by atoms with van der Waals surface area (Å²) in [6.45, 7) is 11.6. The lowest BCUT2D eigenvalue weighted by Crippen LogP contribution is -2.59. The van der Waals surface area contributed by atoms with Crippen LogP contribution in [0, 0.1) is 11.3 Å². The number of nitrogens with zero attached hydrogens (tertiary/aromatic N) is 5. The second-order valence-electron chi connectivity index (χ2n) is 18.3. The molecule has 0 bridgehead atoms. The molecule has 0 N–H and O–H groups in total. The van der Waals surface area contributed by atoms with Crippen molar-refractivity contribution >= 4 is 74.8 Å². The van der Waals surface area contributed by atoms with Crippen LogP contribution in [0.25, 0.3) is 26.9 Å². The first-order chi connectivity index (χ1) is 34.3. The molecule has 0 saturated heterocycles. The van der Waals surface area contributed by atoms with E-state index in [9.17, 15) is 5.26 Å². The zero-order valence-electron chi connectivity index (χ0n) is 40.9. The quantitative estimate of drug-likeness (QED) is 0.0614. The Morgan fingerprint density at radius 1 is 0.729 bits per heavy atom. The number of rotatable bonds is 14. The summed E-state index contributed by atoms with van der Waals surface area (Å²) >= 11 is 1.59. The van der Waals surface area contributed by atoms with Crippen molar-refractivity contribution in [3.05, 3.63) is 208 Å². The fraction of sp³-hybridized carbons (Fsp3) is 0.217. The first-order valence-corrected chi connectivity index (χ1v) is 25.5. The highest BCUT2D eigenvalue weighted by molar-refractivity contribution is 7.19. The number of aromatic nitrogens is 1. The number of aryl methyl sites for hydroxylation is 1. The highest BCUT2D eigenvalue weighted by Crippen LogP contribution is 2.56.